The van der Waals surface area contributed by atoms with Crippen LogP contribution in [0.4, 0.5) is 17.3 Å². The van der Waals surface area contributed by atoms with Crippen LogP contribution in [0.15, 0.2) is 30.3 Å². The number of benzene rings is 1. The van der Waals surface area contributed by atoms with Gasteiger partial charge in [-0.3, -0.25) is 0 Å². The second-order valence-electron chi connectivity index (χ2n) is 3.32. The third kappa shape index (κ3) is 2.76. The third-order valence-corrected chi connectivity index (χ3v) is 2.40. The minimum absolute atomic E-state index is 0.378. The highest BCUT2D eigenvalue weighted by Gasteiger charge is 2.02. The Balaban J connectivity index is 2.19. The zero-order chi connectivity index (χ0) is 12.3. The fourth-order valence-electron chi connectivity index (χ4n) is 1.30. The van der Waals surface area contributed by atoms with E-state index in [0.29, 0.717) is 22.4 Å². The Bertz CT molecular complexity index is 515. The molecule has 1 heterocycles. The van der Waals surface area contributed by atoms with E-state index < -0.39 is 0 Å². The van der Waals surface area contributed by atoms with E-state index in [2.05, 4.69) is 15.5 Å². The SMILES string of the molecule is COc1ccc(Nc2ccc(N)nn2)cc1Cl. The van der Waals surface area contributed by atoms with E-state index in [0.717, 1.165) is 5.69 Å². The molecule has 2 aromatic rings. The number of anilines is 3. The molecule has 0 aliphatic carbocycles. The summed E-state index contributed by atoms with van der Waals surface area (Å²) < 4.78 is 5.06. The van der Waals surface area contributed by atoms with Crippen molar-refractivity contribution in [2.24, 2.45) is 0 Å². The summed E-state index contributed by atoms with van der Waals surface area (Å²) in [5.74, 6) is 1.60. The summed E-state index contributed by atoms with van der Waals surface area (Å²) in [5.41, 5.74) is 6.24. The molecule has 0 aliphatic heterocycles. The van der Waals surface area contributed by atoms with Crippen molar-refractivity contribution in [3.05, 3.63) is 35.4 Å². The van der Waals surface area contributed by atoms with Crippen molar-refractivity contribution in [2.75, 3.05) is 18.2 Å². The van der Waals surface area contributed by atoms with Gasteiger partial charge in [0.05, 0.1) is 12.1 Å². The monoisotopic (exact) mass is 250 g/mol. The minimum Gasteiger partial charge on any atom is -0.495 e. The lowest BCUT2D eigenvalue weighted by molar-refractivity contribution is 0.415. The molecule has 0 bridgehead atoms. The number of methoxy groups -OCH3 is 1. The topological polar surface area (TPSA) is 73.1 Å². The van der Waals surface area contributed by atoms with Gasteiger partial charge in [-0.1, -0.05) is 11.6 Å². The van der Waals surface area contributed by atoms with Gasteiger partial charge >= 0.3 is 0 Å². The highest BCUT2D eigenvalue weighted by atomic mass is 35.5. The van der Waals surface area contributed by atoms with Crippen molar-refractivity contribution in [1.82, 2.24) is 10.2 Å². The molecule has 0 amide bonds. The lowest BCUT2D eigenvalue weighted by Gasteiger charge is -2.07. The van der Waals surface area contributed by atoms with Crippen molar-refractivity contribution >= 4 is 28.9 Å². The van der Waals surface area contributed by atoms with Gasteiger partial charge in [0.2, 0.25) is 0 Å². The molecule has 17 heavy (non-hydrogen) atoms. The molecule has 88 valence electrons. The highest BCUT2D eigenvalue weighted by molar-refractivity contribution is 6.32. The molecule has 0 atom stereocenters. The van der Waals surface area contributed by atoms with E-state index in [1.165, 1.54) is 0 Å². The van der Waals surface area contributed by atoms with Crippen LogP contribution in [0.1, 0.15) is 0 Å². The Labute approximate surface area is 104 Å². The molecular weight excluding hydrogens is 240 g/mol. The van der Waals surface area contributed by atoms with E-state index in [1.54, 1.807) is 31.4 Å². The van der Waals surface area contributed by atoms with Gasteiger partial charge in [-0.25, -0.2) is 0 Å². The van der Waals surface area contributed by atoms with E-state index >= 15 is 0 Å². The number of aromatic nitrogens is 2. The number of rotatable bonds is 3. The molecule has 1 aromatic carbocycles. The summed E-state index contributed by atoms with van der Waals surface area (Å²) in [5, 5.41) is 11.2. The molecular formula is C11H11ClN4O. The summed E-state index contributed by atoms with van der Waals surface area (Å²) in [6, 6.07) is 8.76. The summed E-state index contributed by atoms with van der Waals surface area (Å²) in [6.45, 7) is 0. The van der Waals surface area contributed by atoms with Crippen molar-refractivity contribution in [2.45, 2.75) is 0 Å². The first-order valence-electron chi connectivity index (χ1n) is 4.89. The Morgan fingerprint density at radius 2 is 2.06 bits per heavy atom. The Morgan fingerprint density at radius 3 is 2.65 bits per heavy atom. The first kappa shape index (κ1) is 11.5. The normalized spacial score (nSPS) is 10.0. The summed E-state index contributed by atoms with van der Waals surface area (Å²) in [7, 11) is 1.57. The maximum absolute atomic E-state index is 6.00. The van der Waals surface area contributed by atoms with Gasteiger partial charge < -0.3 is 15.8 Å². The average Bonchev–Trinajstić information content (AvgIpc) is 2.32. The predicted molar refractivity (Wildman–Crippen MR) is 67.7 cm³/mol. The number of hydrogen-bond acceptors (Lipinski definition) is 5. The Morgan fingerprint density at radius 1 is 1.24 bits per heavy atom. The largest absolute Gasteiger partial charge is 0.495 e. The molecule has 5 nitrogen and oxygen atoms in total. The lowest BCUT2D eigenvalue weighted by Crippen LogP contribution is -1.98. The summed E-state index contributed by atoms with van der Waals surface area (Å²) in [6.07, 6.45) is 0. The quantitative estimate of drug-likeness (QED) is 0.875. The van der Waals surface area contributed by atoms with Crippen LogP contribution in [-0.2, 0) is 0 Å². The predicted octanol–water partition coefficient (Wildman–Crippen LogP) is 2.46. The molecule has 2 rings (SSSR count). The van der Waals surface area contributed by atoms with Gasteiger partial charge in [-0.15, -0.1) is 10.2 Å². The molecule has 1 aromatic heterocycles. The van der Waals surface area contributed by atoms with Crippen LogP contribution in [0.25, 0.3) is 0 Å². The molecule has 0 radical (unpaired) electrons. The van der Waals surface area contributed by atoms with Crippen LogP contribution < -0.4 is 15.8 Å². The van der Waals surface area contributed by atoms with Crippen molar-refractivity contribution in [3.8, 4) is 5.75 Å². The van der Waals surface area contributed by atoms with Crippen LogP contribution in [0.3, 0.4) is 0 Å². The maximum Gasteiger partial charge on any atom is 0.153 e. The zero-order valence-electron chi connectivity index (χ0n) is 9.14. The second-order valence-corrected chi connectivity index (χ2v) is 3.72. The van der Waals surface area contributed by atoms with E-state index in [4.69, 9.17) is 22.1 Å². The van der Waals surface area contributed by atoms with Gasteiger partial charge in [0.1, 0.15) is 11.6 Å². The van der Waals surface area contributed by atoms with Crippen molar-refractivity contribution < 1.29 is 4.74 Å². The maximum atomic E-state index is 6.00. The van der Waals surface area contributed by atoms with Gasteiger partial charge in [0.25, 0.3) is 0 Å². The number of halogens is 1. The van der Waals surface area contributed by atoms with Crippen molar-refractivity contribution in [1.29, 1.82) is 0 Å². The number of nitrogen functional groups attached to an aromatic ring is 1. The molecule has 6 heteroatoms. The van der Waals surface area contributed by atoms with E-state index in [1.807, 2.05) is 6.07 Å². The Hall–Kier alpha value is -2.01. The van der Waals surface area contributed by atoms with Crippen LogP contribution in [0.2, 0.25) is 5.02 Å². The molecule has 0 saturated carbocycles. The van der Waals surface area contributed by atoms with E-state index in [-0.39, 0.29) is 0 Å². The number of ether oxygens (including phenoxy) is 1. The summed E-state index contributed by atoms with van der Waals surface area (Å²) in [4.78, 5) is 0. The summed E-state index contributed by atoms with van der Waals surface area (Å²) >= 11 is 6.00. The first-order chi connectivity index (χ1) is 8.19. The third-order valence-electron chi connectivity index (χ3n) is 2.11. The molecule has 0 unspecified atom stereocenters. The molecule has 0 fully saturated rings. The number of hydrogen-bond donors (Lipinski definition) is 2. The highest BCUT2D eigenvalue weighted by Crippen LogP contribution is 2.28. The fraction of sp³-hybridized carbons (Fsp3) is 0.0909. The average molecular weight is 251 g/mol. The fourth-order valence-corrected chi connectivity index (χ4v) is 1.56. The number of nitrogens with zero attached hydrogens (tertiary/aromatic N) is 2. The van der Waals surface area contributed by atoms with Gasteiger partial charge in [0, 0.05) is 5.69 Å². The van der Waals surface area contributed by atoms with Crippen LogP contribution in [0, 0.1) is 0 Å². The van der Waals surface area contributed by atoms with Crippen LogP contribution >= 0.6 is 11.6 Å². The molecule has 3 N–H and O–H groups in total. The van der Waals surface area contributed by atoms with Gasteiger partial charge in [-0.2, -0.15) is 0 Å². The lowest BCUT2D eigenvalue weighted by atomic mass is 10.3. The Kier molecular flexibility index (Phi) is 3.30. The molecule has 0 aliphatic rings. The van der Waals surface area contributed by atoms with E-state index in [9.17, 15) is 0 Å². The second kappa shape index (κ2) is 4.88. The smallest absolute Gasteiger partial charge is 0.153 e. The molecule has 0 spiro atoms. The standard InChI is InChI=1S/C11H11ClN4O/c1-17-9-3-2-7(6-8(9)12)14-11-5-4-10(13)15-16-11/h2-6H,1H3,(H2,13,15)(H,14,16). The van der Waals surface area contributed by atoms with Gasteiger partial charge in [-0.05, 0) is 30.3 Å². The number of nitrogens with one attached hydrogen (secondary N) is 1. The van der Waals surface area contributed by atoms with Crippen molar-refractivity contribution in [3.63, 3.8) is 0 Å². The zero-order valence-corrected chi connectivity index (χ0v) is 9.90. The number of nitrogens with two attached hydrogens (primary N) is 1. The minimum atomic E-state index is 0.378. The van der Waals surface area contributed by atoms with Gasteiger partial charge in [0.15, 0.2) is 5.82 Å². The van der Waals surface area contributed by atoms with Crippen LogP contribution in [-0.4, -0.2) is 17.3 Å². The van der Waals surface area contributed by atoms with Crippen LogP contribution in [0.5, 0.6) is 5.75 Å². The molecule has 0 saturated heterocycles. The first-order valence-corrected chi connectivity index (χ1v) is 5.26.